The number of carboxylic acid groups (broad SMARTS) is 1. The van der Waals surface area contributed by atoms with E-state index in [0.717, 1.165) is 16.7 Å². The Labute approximate surface area is 105 Å². The fourth-order valence-corrected chi connectivity index (χ4v) is 1.84. The third kappa shape index (κ3) is 2.27. The van der Waals surface area contributed by atoms with Crippen molar-refractivity contribution < 1.29 is 9.90 Å². The Morgan fingerprint density at radius 1 is 1.50 bits per heavy atom. The van der Waals surface area contributed by atoms with Gasteiger partial charge in [-0.1, -0.05) is 5.21 Å². The number of nitrogens with zero attached hydrogens (tertiary/aromatic N) is 4. The normalized spacial score (nSPS) is 11.1. The Hall–Kier alpha value is -2.11. The highest BCUT2D eigenvalue weighted by Crippen LogP contribution is 2.21. The number of carboxylic acids is 1. The van der Waals surface area contributed by atoms with Crippen molar-refractivity contribution in [3.8, 4) is 0 Å². The lowest BCUT2D eigenvalue weighted by molar-refractivity contribution is -0.135. The fourth-order valence-electron chi connectivity index (χ4n) is 1.84. The monoisotopic (exact) mass is 248 g/mol. The van der Waals surface area contributed by atoms with Gasteiger partial charge in [0.2, 0.25) is 0 Å². The first-order chi connectivity index (χ1) is 8.49. The quantitative estimate of drug-likeness (QED) is 0.888. The third-order valence-corrected chi connectivity index (χ3v) is 2.76. The van der Waals surface area contributed by atoms with E-state index in [9.17, 15) is 4.79 Å². The lowest BCUT2D eigenvalue weighted by Crippen LogP contribution is -2.24. The van der Waals surface area contributed by atoms with E-state index in [4.69, 9.17) is 5.11 Å². The molecule has 0 atom stereocenters. The van der Waals surface area contributed by atoms with Crippen molar-refractivity contribution in [3.63, 3.8) is 0 Å². The van der Waals surface area contributed by atoms with Gasteiger partial charge in [-0.05, 0) is 32.0 Å². The summed E-state index contributed by atoms with van der Waals surface area (Å²) in [6, 6.07) is 5.90. The van der Waals surface area contributed by atoms with E-state index in [0.29, 0.717) is 0 Å². The summed E-state index contributed by atoms with van der Waals surface area (Å²) in [6.07, 6.45) is 0. The standard InChI is InChI=1S/C12H16N4O2/c1-8(2)16-11-5-4-9(6-10(11)13-14-16)15(3)7-12(17)18/h4-6,8H,7H2,1-3H3,(H,17,18). The molecule has 0 aliphatic carbocycles. The number of hydrogen-bond donors (Lipinski definition) is 1. The number of aromatic nitrogens is 3. The third-order valence-electron chi connectivity index (χ3n) is 2.76. The van der Waals surface area contributed by atoms with Gasteiger partial charge in [-0.25, -0.2) is 4.68 Å². The summed E-state index contributed by atoms with van der Waals surface area (Å²) in [6.45, 7) is 4.04. The van der Waals surface area contributed by atoms with Crippen LogP contribution in [0.5, 0.6) is 0 Å². The minimum Gasteiger partial charge on any atom is -0.480 e. The van der Waals surface area contributed by atoms with Crippen LogP contribution in [0.4, 0.5) is 5.69 Å². The fraction of sp³-hybridized carbons (Fsp3) is 0.417. The molecule has 0 saturated heterocycles. The number of hydrogen-bond acceptors (Lipinski definition) is 4. The van der Waals surface area contributed by atoms with Gasteiger partial charge in [-0.2, -0.15) is 0 Å². The van der Waals surface area contributed by atoms with Crippen LogP contribution in [0.2, 0.25) is 0 Å². The van der Waals surface area contributed by atoms with Crippen LogP contribution in [0.1, 0.15) is 19.9 Å². The van der Waals surface area contributed by atoms with Crippen molar-refractivity contribution in [1.29, 1.82) is 0 Å². The molecule has 2 aromatic rings. The molecule has 6 nitrogen and oxygen atoms in total. The lowest BCUT2D eigenvalue weighted by atomic mass is 10.2. The van der Waals surface area contributed by atoms with Crippen LogP contribution in [-0.2, 0) is 4.79 Å². The molecule has 0 spiro atoms. The smallest absolute Gasteiger partial charge is 0.323 e. The Kier molecular flexibility index (Phi) is 3.18. The number of rotatable bonds is 4. The molecule has 0 amide bonds. The van der Waals surface area contributed by atoms with Crippen LogP contribution in [0.3, 0.4) is 0 Å². The largest absolute Gasteiger partial charge is 0.480 e. The van der Waals surface area contributed by atoms with E-state index in [2.05, 4.69) is 10.3 Å². The first-order valence-electron chi connectivity index (χ1n) is 5.77. The zero-order valence-electron chi connectivity index (χ0n) is 10.7. The molecule has 1 aromatic heterocycles. The molecule has 1 heterocycles. The van der Waals surface area contributed by atoms with E-state index in [-0.39, 0.29) is 12.6 Å². The molecule has 1 N–H and O–H groups in total. The molecular formula is C12H16N4O2. The second kappa shape index (κ2) is 4.64. The molecule has 0 unspecified atom stereocenters. The Morgan fingerprint density at radius 2 is 2.22 bits per heavy atom. The molecule has 18 heavy (non-hydrogen) atoms. The van der Waals surface area contributed by atoms with Gasteiger partial charge in [0.05, 0.1) is 5.52 Å². The molecule has 0 radical (unpaired) electrons. The number of fused-ring (bicyclic) bond motifs is 1. The minimum absolute atomic E-state index is 0.0379. The van der Waals surface area contributed by atoms with E-state index in [1.54, 1.807) is 11.9 Å². The van der Waals surface area contributed by atoms with E-state index in [1.165, 1.54) is 0 Å². The summed E-state index contributed by atoms with van der Waals surface area (Å²) in [7, 11) is 1.74. The number of benzene rings is 1. The first-order valence-corrected chi connectivity index (χ1v) is 5.77. The molecule has 0 bridgehead atoms. The number of likely N-dealkylation sites (N-methyl/N-ethyl adjacent to an activating group) is 1. The van der Waals surface area contributed by atoms with Gasteiger partial charge in [-0.3, -0.25) is 4.79 Å². The molecular weight excluding hydrogens is 232 g/mol. The van der Waals surface area contributed by atoms with Crippen molar-refractivity contribution in [2.75, 3.05) is 18.5 Å². The highest BCUT2D eigenvalue weighted by Gasteiger charge is 2.10. The minimum atomic E-state index is -0.858. The summed E-state index contributed by atoms with van der Waals surface area (Å²) in [5.74, 6) is -0.858. The van der Waals surface area contributed by atoms with Gasteiger partial charge in [0, 0.05) is 18.8 Å². The summed E-state index contributed by atoms with van der Waals surface area (Å²) in [5, 5.41) is 17.0. The van der Waals surface area contributed by atoms with Crippen molar-refractivity contribution in [3.05, 3.63) is 18.2 Å². The molecule has 0 aliphatic rings. The van der Waals surface area contributed by atoms with E-state index < -0.39 is 5.97 Å². The topological polar surface area (TPSA) is 71.2 Å². The van der Waals surface area contributed by atoms with Crippen molar-refractivity contribution >= 4 is 22.7 Å². The molecule has 0 fully saturated rings. The van der Waals surface area contributed by atoms with Crippen LogP contribution in [-0.4, -0.2) is 39.7 Å². The summed E-state index contributed by atoms with van der Waals surface area (Å²) < 4.78 is 1.84. The van der Waals surface area contributed by atoms with Gasteiger partial charge in [0.15, 0.2) is 0 Å². The van der Waals surface area contributed by atoms with Crippen LogP contribution < -0.4 is 4.90 Å². The number of aliphatic carboxylic acids is 1. The highest BCUT2D eigenvalue weighted by atomic mass is 16.4. The van der Waals surface area contributed by atoms with Crippen molar-refractivity contribution in [2.45, 2.75) is 19.9 Å². The predicted octanol–water partition coefficient (Wildman–Crippen LogP) is 1.53. The second-order valence-electron chi connectivity index (χ2n) is 4.55. The molecule has 1 aromatic carbocycles. The van der Waals surface area contributed by atoms with Crippen LogP contribution in [0.25, 0.3) is 11.0 Å². The summed E-state index contributed by atoms with van der Waals surface area (Å²) >= 11 is 0. The molecule has 2 rings (SSSR count). The summed E-state index contributed by atoms with van der Waals surface area (Å²) in [4.78, 5) is 12.3. The maximum Gasteiger partial charge on any atom is 0.323 e. The van der Waals surface area contributed by atoms with Crippen LogP contribution >= 0.6 is 0 Å². The number of anilines is 1. The highest BCUT2D eigenvalue weighted by molar-refractivity contribution is 5.81. The second-order valence-corrected chi connectivity index (χ2v) is 4.55. The Balaban J connectivity index is 2.37. The Morgan fingerprint density at radius 3 is 2.83 bits per heavy atom. The molecule has 96 valence electrons. The average Bonchev–Trinajstić information content (AvgIpc) is 2.70. The van der Waals surface area contributed by atoms with E-state index >= 15 is 0 Å². The van der Waals surface area contributed by atoms with Gasteiger partial charge in [-0.15, -0.1) is 5.10 Å². The van der Waals surface area contributed by atoms with Crippen molar-refractivity contribution in [1.82, 2.24) is 15.0 Å². The number of carbonyl (C=O) groups is 1. The summed E-state index contributed by atoms with van der Waals surface area (Å²) in [5.41, 5.74) is 2.55. The Bertz CT molecular complexity index is 576. The van der Waals surface area contributed by atoms with Gasteiger partial charge < -0.3 is 10.0 Å². The predicted molar refractivity (Wildman–Crippen MR) is 68.8 cm³/mol. The molecule has 6 heteroatoms. The van der Waals surface area contributed by atoms with Gasteiger partial charge in [0.1, 0.15) is 12.1 Å². The molecule has 0 saturated carbocycles. The first kappa shape index (κ1) is 12.3. The van der Waals surface area contributed by atoms with Crippen LogP contribution in [0.15, 0.2) is 18.2 Å². The average molecular weight is 248 g/mol. The van der Waals surface area contributed by atoms with Gasteiger partial charge >= 0.3 is 5.97 Å². The molecule has 0 aliphatic heterocycles. The lowest BCUT2D eigenvalue weighted by Gasteiger charge is -2.16. The SMILES string of the molecule is CC(C)n1nnc2cc(N(C)CC(=O)O)ccc21. The van der Waals surface area contributed by atoms with Crippen molar-refractivity contribution in [2.24, 2.45) is 0 Å². The maximum absolute atomic E-state index is 10.7. The van der Waals surface area contributed by atoms with Gasteiger partial charge in [0.25, 0.3) is 0 Å². The maximum atomic E-state index is 10.7. The zero-order chi connectivity index (χ0) is 13.3. The van der Waals surface area contributed by atoms with E-state index in [1.807, 2.05) is 36.7 Å². The zero-order valence-corrected chi connectivity index (χ0v) is 10.7. The van der Waals surface area contributed by atoms with Crippen LogP contribution in [0, 0.1) is 0 Å².